The summed E-state index contributed by atoms with van der Waals surface area (Å²) in [5.41, 5.74) is 0. The minimum absolute atomic E-state index is 0.389. The van der Waals surface area contributed by atoms with Crippen LogP contribution in [0.25, 0.3) is 0 Å². The van der Waals surface area contributed by atoms with E-state index in [4.69, 9.17) is 14.2 Å². The molecular weight excluding hydrogens is 108 g/mol. The van der Waals surface area contributed by atoms with Crippen molar-refractivity contribution in [1.29, 1.82) is 0 Å². The van der Waals surface area contributed by atoms with Crippen LogP contribution in [0.1, 0.15) is 6.92 Å². The van der Waals surface area contributed by atoms with E-state index in [9.17, 15) is 0 Å². The summed E-state index contributed by atoms with van der Waals surface area (Å²) in [5.74, 6) is 0. The van der Waals surface area contributed by atoms with Gasteiger partial charge < -0.3 is 14.2 Å². The van der Waals surface area contributed by atoms with E-state index in [1.54, 1.807) is 0 Å². The second-order valence-corrected chi connectivity index (χ2v) is 1.49. The SMILES string of the molecule is CCOC1OCCO1. The molecule has 0 saturated carbocycles. The van der Waals surface area contributed by atoms with Gasteiger partial charge in [0.25, 0.3) is 6.48 Å². The summed E-state index contributed by atoms with van der Waals surface area (Å²) >= 11 is 0. The summed E-state index contributed by atoms with van der Waals surface area (Å²) in [7, 11) is 0. The molecule has 3 heteroatoms. The monoisotopic (exact) mass is 118 g/mol. The first-order chi connectivity index (χ1) is 3.93. The lowest BCUT2D eigenvalue weighted by molar-refractivity contribution is -0.227. The third-order valence-corrected chi connectivity index (χ3v) is 0.894. The molecule has 1 aliphatic heterocycles. The van der Waals surface area contributed by atoms with Crippen molar-refractivity contribution in [1.82, 2.24) is 0 Å². The Bertz CT molecular complexity index is 58.7. The molecule has 1 rings (SSSR count). The van der Waals surface area contributed by atoms with Gasteiger partial charge in [0.1, 0.15) is 0 Å². The second-order valence-electron chi connectivity index (χ2n) is 1.49. The fourth-order valence-electron chi connectivity index (χ4n) is 0.569. The third-order valence-electron chi connectivity index (χ3n) is 0.894. The summed E-state index contributed by atoms with van der Waals surface area (Å²) in [5, 5.41) is 0. The molecule has 0 amide bonds. The molecule has 48 valence electrons. The fraction of sp³-hybridized carbons (Fsp3) is 1.00. The molecule has 0 bridgehead atoms. The molecular formula is C5H10O3. The van der Waals surface area contributed by atoms with E-state index in [0.29, 0.717) is 19.8 Å². The number of ether oxygens (including phenoxy) is 3. The van der Waals surface area contributed by atoms with E-state index in [1.807, 2.05) is 6.92 Å². The van der Waals surface area contributed by atoms with Crippen molar-refractivity contribution in [2.45, 2.75) is 13.4 Å². The predicted molar refractivity (Wildman–Crippen MR) is 27.3 cm³/mol. The lowest BCUT2D eigenvalue weighted by atomic mass is 10.8. The smallest absolute Gasteiger partial charge is 0.271 e. The van der Waals surface area contributed by atoms with Gasteiger partial charge in [0.2, 0.25) is 0 Å². The van der Waals surface area contributed by atoms with Gasteiger partial charge in [-0.25, -0.2) is 0 Å². The Morgan fingerprint density at radius 3 is 2.62 bits per heavy atom. The maximum atomic E-state index is 4.96. The highest BCUT2D eigenvalue weighted by atomic mass is 16.9. The van der Waals surface area contributed by atoms with E-state index in [2.05, 4.69) is 0 Å². The Kier molecular flexibility index (Phi) is 2.27. The molecule has 0 aromatic heterocycles. The normalized spacial score (nSPS) is 22.1. The predicted octanol–water partition coefficient (Wildman–Crippen LogP) is 0.353. The van der Waals surface area contributed by atoms with Gasteiger partial charge in [0.05, 0.1) is 13.2 Å². The Morgan fingerprint density at radius 2 is 2.12 bits per heavy atom. The molecule has 0 aliphatic carbocycles. The van der Waals surface area contributed by atoms with Crippen LogP contribution in [0.3, 0.4) is 0 Å². The lowest BCUT2D eigenvalue weighted by Gasteiger charge is -2.05. The molecule has 0 radical (unpaired) electrons. The van der Waals surface area contributed by atoms with Gasteiger partial charge in [0.15, 0.2) is 0 Å². The van der Waals surface area contributed by atoms with Gasteiger partial charge in [-0.2, -0.15) is 0 Å². The molecule has 0 aromatic carbocycles. The Labute approximate surface area is 48.5 Å². The van der Waals surface area contributed by atoms with E-state index >= 15 is 0 Å². The molecule has 1 heterocycles. The summed E-state index contributed by atoms with van der Waals surface area (Å²) in [4.78, 5) is 0. The third kappa shape index (κ3) is 1.43. The van der Waals surface area contributed by atoms with Crippen molar-refractivity contribution in [3.8, 4) is 0 Å². The maximum Gasteiger partial charge on any atom is 0.271 e. The quantitative estimate of drug-likeness (QED) is 0.523. The minimum atomic E-state index is -0.389. The fourth-order valence-corrected chi connectivity index (χ4v) is 0.569. The average molecular weight is 118 g/mol. The van der Waals surface area contributed by atoms with E-state index in [0.717, 1.165) is 0 Å². The summed E-state index contributed by atoms with van der Waals surface area (Å²) in [6, 6.07) is 0. The van der Waals surface area contributed by atoms with Crippen molar-refractivity contribution in [2.24, 2.45) is 0 Å². The van der Waals surface area contributed by atoms with Crippen LogP contribution in [-0.2, 0) is 14.2 Å². The second kappa shape index (κ2) is 3.02. The molecule has 1 fully saturated rings. The summed E-state index contributed by atoms with van der Waals surface area (Å²) in [6.45, 7) is 3.48. The Hall–Kier alpha value is -0.120. The topological polar surface area (TPSA) is 27.7 Å². The van der Waals surface area contributed by atoms with Crippen LogP contribution in [0.2, 0.25) is 0 Å². The largest absolute Gasteiger partial charge is 0.330 e. The van der Waals surface area contributed by atoms with Crippen LogP contribution in [0.4, 0.5) is 0 Å². The average Bonchev–Trinajstić information content (AvgIpc) is 2.19. The zero-order valence-electron chi connectivity index (χ0n) is 4.92. The van der Waals surface area contributed by atoms with Crippen LogP contribution in [-0.4, -0.2) is 26.3 Å². The minimum Gasteiger partial charge on any atom is -0.330 e. The van der Waals surface area contributed by atoms with Gasteiger partial charge in [-0.1, -0.05) is 0 Å². The number of hydrogen-bond acceptors (Lipinski definition) is 3. The molecule has 0 spiro atoms. The van der Waals surface area contributed by atoms with Gasteiger partial charge in [-0.15, -0.1) is 0 Å². The van der Waals surface area contributed by atoms with Crippen LogP contribution in [0.15, 0.2) is 0 Å². The van der Waals surface area contributed by atoms with Crippen molar-refractivity contribution in [3.05, 3.63) is 0 Å². The first kappa shape index (κ1) is 6.01. The maximum absolute atomic E-state index is 4.96. The zero-order valence-corrected chi connectivity index (χ0v) is 4.92. The highest BCUT2D eigenvalue weighted by molar-refractivity contribution is 4.37. The highest BCUT2D eigenvalue weighted by Gasteiger charge is 2.14. The molecule has 0 N–H and O–H groups in total. The number of hydrogen-bond donors (Lipinski definition) is 0. The molecule has 0 atom stereocenters. The van der Waals surface area contributed by atoms with Crippen LogP contribution in [0.5, 0.6) is 0 Å². The van der Waals surface area contributed by atoms with Crippen LogP contribution < -0.4 is 0 Å². The van der Waals surface area contributed by atoms with Gasteiger partial charge in [-0.3, -0.25) is 0 Å². The van der Waals surface area contributed by atoms with Crippen molar-refractivity contribution >= 4 is 0 Å². The Morgan fingerprint density at radius 1 is 1.50 bits per heavy atom. The van der Waals surface area contributed by atoms with Crippen LogP contribution >= 0.6 is 0 Å². The van der Waals surface area contributed by atoms with Gasteiger partial charge >= 0.3 is 0 Å². The molecule has 1 saturated heterocycles. The molecule has 1 aliphatic rings. The van der Waals surface area contributed by atoms with Crippen LogP contribution in [0, 0.1) is 0 Å². The number of rotatable bonds is 2. The van der Waals surface area contributed by atoms with Gasteiger partial charge in [-0.05, 0) is 6.92 Å². The summed E-state index contributed by atoms with van der Waals surface area (Å²) < 4.78 is 14.9. The van der Waals surface area contributed by atoms with Crippen molar-refractivity contribution in [3.63, 3.8) is 0 Å². The first-order valence-corrected chi connectivity index (χ1v) is 2.78. The Balaban J connectivity index is 2.06. The standard InChI is InChI=1S/C5H10O3/c1-2-6-5-7-3-4-8-5/h5H,2-4H2,1H3. The molecule has 0 aromatic rings. The first-order valence-electron chi connectivity index (χ1n) is 2.78. The summed E-state index contributed by atoms with van der Waals surface area (Å²) in [6.07, 6.45) is 0. The van der Waals surface area contributed by atoms with E-state index in [-0.39, 0.29) is 6.48 Å². The molecule has 3 nitrogen and oxygen atoms in total. The molecule has 8 heavy (non-hydrogen) atoms. The van der Waals surface area contributed by atoms with Crippen molar-refractivity contribution < 1.29 is 14.2 Å². The molecule has 0 unspecified atom stereocenters. The zero-order chi connectivity index (χ0) is 5.82. The van der Waals surface area contributed by atoms with E-state index < -0.39 is 0 Å². The van der Waals surface area contributed by atoms with Crippen molar-refractivity contribution in [2.75, 3.05) is 19.8 Å². The highest BCUT2D eigenvalue weighted by Crippen LogP contribution is 2.03. The lowest BCUT2D eigenvalue weighted by Crippen LogP contribution is -2.11. The van der Waals surface area contributed by atoms with E-state index in [1.165, 1.54) is 0 Å². The van der Waals surface area contributed by atoms with Gasteiger partial charge in [0, 0.05) is 6.61 Å².